The Morgan fingerprint density at radius 1 is 1.38 bits per heavy atom. The second kappa shape index (κ2) is 5.87. The summed E-state index contributed by atoms with van der Waals surface area (Å²) in [6.07, 6.45) is 3.60. The summed E-state index contributed by atoms with van der Waals surface area (Å²) in [7, 11) is 0. The highest BCUT2D eigenvalue weighted by Crippen LogP contribution is 2.28. The van der Waals surface area contributed by atoms with Gasteiger partial charge >= 0.3 is 0 Å². The lowest BCUT2D eigenvalue weighted by Gasteiger charge is -2.22. The summed E-state index contributed by atoms with van der Waals surface area (Å²) in [5, 5.41) is 6.52. The molecule has 3 nitrogen and oxygen atoms in total. The number of carbonyl (C=O) groups excluding carboxylic acids is 1. The average Bonchev–Trinajstić information content (AvgIpc) is 2.88. The molecule has 0 aromatic heterocycles. The van der Waals surface area contributed by atoms with Crippen LogP contribution in [0.5, 0.6) is 0 Å². The Balaban J connectivity index is 0.00000128. The number of hydrogen-bond donors (Lipinski definition) is 2. The van der Waals surface area contributed by atoms with Gasteiger partial charge in [-0.2, -0.15) is 0 Å². The minimum Gasteiger partial charge on any atom is -0.356 e. The lowest BCUT2D eigenvalue weighted by molar-refractivity contribution is -0.125. The van der Waals surface area contributed by atoms with Gasteiger partial charge in [0.25, 0.3) is 0 Å². The first kappa shape index (κ1) is 13.8. The average molecular weight is 247 g/mol. The van der Waals surface area contributed by atoms with Crippen molar-refractivity contribution in [3.8, 4) is 0 Å². The zero-order valence-corrected chi connectivity index (χ0v) is 11.0. The van der Waals surface area contributed by atoms with Gasteiger partial charge in [0, 0.05) is 12.6 Å². The Morgan fingerprint density at radius 2 is 2.06 bits per heavy atom. The minimum absolute atomic E-state index is 0. The van der Waals surface area contributed by atoms with Crippen molar-refractivity contribution in [2.75, 3.05) is 13.1 Å². The normalized spacial score (nSPS) is 28.9. The monoisotopic (exact) mass is 246 g/mol. The molecule has 2 unspecified atom stereocenters. The van der Waals surface area contributed by atoms with E-state index in [1.807, 2.05) is 0 Å². The zero-order chi connectivity index (χ0) is 10.8. The smallest absolute Gasteiger partial charge is 0.224 e. The molecule has 2 atom stereocenters. The third kappa shape index (κ3) is 3.36. The van der Waals surface area contributed by atoms with Crippen LogP contribution in [0.2, 0.25) is 0 Å². The maximum Gasteiger partial charge on any atom is 0.224 e. The van der Waals surface area contributed by atoms with Gasteiger partial charge in [0.15, 0.2) is 0 Å². The molecule has 1 heterocycles. The molecule has 1 aliphatic carbocycles. The Labute approximate surface area is 104 Å². The van der Waals surface area contributed by atoms with Crippen LogP contribution in [0, 0.1) is 17.8 Å². The molecule has 2 aliphatic rings. The van der Waals surface area contributed by atoms with E-state index in [-0.39, 0.29) is 24.2 Å². The van der Waals surface area contributed by atoms with Gasteiger partial charge in [-0.25, -0.2) is 0 Å². The zero-order valence-electron chi connectivity index (χ0n) is 10.2. The maximum atomic E-state index is 11.9. The van der Waals surface area contributed by atoms with Crippen molar-refractivity contribution in [1.82, 2.24) is 10.6 Å². The summed E-state index contributed by atoms with van der Waals surface area (Å²) >= 11 is 0. The summed E-state index contributed by atoms with van der Waals surface area (Å²) in [5.41, 5.74) is 0. The number of nitrogens with one attached hydrogen (secondary N) is 2. The topological polar surface area (TPSA) is 41.1 Å². The quantitative estimate of drug-likeness (QED) is 0.791. The predicted octanol–water partition coefficient (Wildman–Crippen LogP) is 1.57. The van der Waals surface area contributed by atoms with Crippen molar-refractivity contribution in [2.24, 2.45) is 17.8 Å². The second-order valence-electron chi connectivity index (χ2n) is 5.31. The molecule has 0 bridgehead atoms. The first-order valence-corrected chi connectivity index (χ1v) is 6.19. The molecule has 2 N–H and O–H groups in total. The maximum absolute atomic E-state index is 11.9. The van der Waals surface area contributed by atoms with Crippen LogP contribution < -0.4 is 10.6 Å². The molecule has 0 aromatic carbocycles. The van der Waals surface area contributed by atoms with E-state index in [0.29, 0.717) is 12.0 Å². The highest BCUT2D eigenvalue weighted by Gasteiger charge is 2.34. The Morgan fingerprint density at radius 3 is 2.62 bits per heavy atom. The van der Waals surface area contributed by atoms with E-state index in [9.17, 15) is 4.79 Å². The first-order chi connectivity index (χ1) is 7.18. The predicted molar refractivity (Wildman–Crippen MR) is 67.7 cm³/mol. The van der Waals surface area contributed by atoms with Crippen LogP contribution in [0.25, 0.3) is 0 Å². The van der Waals surface area contributed by atoms with Gasteiger partial charge in [0.1, 0.15) is 0 Å². The van der Waals surface area contributed by atoms with Gasteiger partial charge in [0.2, 0.25) is 5.91 Å². The van der Waals surface area contributed by atoms with Crippen LogP contribution in [0.4, 0.5) is 0 Å². The summed E-state index contributed by atoms with van der Waals surface area (Å²) < 4.78 is 0. The lowest BCUT2D eigenvalue weighted by Crippen LogP contribution is -2.41. The van der Waals surface area contributed by atoms with Crippen LogP contribution in [0.3, 0.4) is 0 Å². The molecular weight excluding hydrogens is 224 g/mol. The van der Waals surface area contributed by atoms with Gasteiger partial charge in [-0.15, -0.1) is 12.4 Å². The number of halogens is 1. The van der Waals surface area contributed by atoms with Crippen molar-refractivity contribution in [2.45, 2.75) is 39.2 Å². The number of hydrogen-bond acceptors (Lipinski definition) is 2. The highest BCUT2D eigenvalue weighted by molar-refractivity contribution is 5.85. The van der Waals surface area contributed by atoms with E-state index in [0.717, 1.165) is 25.4 Å². The highest BCUT2D eigenvalue weighted by atomic mass is 35.5. The van der Waals surface area contributed by atoms with E-state index >= 15 is 0 Å². The molecule has 16 heavy (non-hydrogen) atoms. The SMILES string of the molecule is CC(C)C1NCCC1C(=O)NCC1CC1.Cl. The van der Waals surface area contributed by atoms with E-state index < -0.39 is 0 Å². The summed E-state index contributed by atoms with van der Waals surface area (Å²) in [5.74, 6) is 1.79. The Kier molecular flexibility index (Phi) is 5.06. The van der Waals surface area contributed by atoms with E-state index in [1.165, 1.54) is 12.8 Å². The molecule has 1 saturated carbocycles. The molecule has 0 spiro atoms. The summed E-state index contributed by atoms with van der Waals surface area (Å²) in [6, 6.07) is 0.379. The van der Waals surface area contributed by atoms with Crippen LogP contribution >= 0.6 is 12.4 Å². The van der Waals surface area contributed by atoms with Gasteiger partial charge < -0.3 is 10.6 Å². The van der Waals surface area contributed by atoms with Crippen molar-refractivity contribution in [3.63, 3.8) is 0 Å². The van der Waals surface area contributed by atoms with Crippen LogP contribution in [-0.2, 0) is 4.79 Å². The molecule has 4 heteroatoms. The fourth-order valence-electron chi connectivity index (χ4n) is 2.42. The standard InChI is InChI=1S/C12H22N2O.ClH/c1-8(2)11-10(5-6-13-11)12(15)14-7-9-3-4-9;/h8-11,13H,3-7H2,1-2H3,(H,14,15);1H. The molecule has 1 saturated heterocycles. The van der Waals surface area contributed by atoms with Crippen LogP contribution in [0.15, 0.2) is 0 Å². The Hall–Kier alpha value is -0.280. The number of carbonyl (C=O) groups is 1. The summed E-state index contributed by atoms with van der Waals surface area (Å²) in [6.45, 7) is 6.26. The van der Waals surface area contributed by atoms with Crippen molar-refractivity contribution in [3.05, 3.63) is 0 Å². The van der Waals surface area contributed by atoms with E-state index in [1.54, 1.807) is 0 Å². The first-order valence-electron chi connectivity index (χ1n) is 6.19. The summed E-state index contributed by atoms with van der Waals surface area (Å²) in [4.78, 5) is 11.9. The van der Waals surface area contributed by atoms with Crippen LogP contribution in [-0.4, -0.2) is 25.0 Å². The molecule has 2 rings (SSSR count). The van der Waals surface area contributed by atoms with Crippen molar-refractivity contribution in [1.29, 1.82) is 0 Å². The van der Waals surface area contributed by atoms with Gasteiger partial charge in [-0.1, -0.05) is 13.8 Å². The van der Waals surface area contributed by atoms with Gasteiger partial charge in [-0.3, -0.25) is 4.79 Å². The van der Waals surface area contributed by atoms with Gasteiger partial charge in [-0.05, 0) is 37.6 Å². The van der Waals surface area contributed by atoms with E-state index in [4.69, 9.17) is 0 Å². The number of rotatable bonds is 4. The molecule has 94 valence electrons. The molecule has 2 fully saturated rings. The van der Waals surface area contributed by atoms with Crippen molar-refractivity contribution >= 4 is 18.3 Å². The molecule has 0 radical (unpaired) electrons. The fourth-order valence-corrected chi connectivity index (χ4v) is 2.42. The fraction of sp³-hybridized carbons (Fsp3) is 0.917. The third-order valence-corrected chi connectivity index (χ3v) is 3.59. The van der Waals surface area contributed by atoms with E-state index in [2.05, 4.69) is 24.5 Å². The molecular formula is C12H23ClN2O. The third-order valence-electron chi connectivity index (χ3n) is 3.59. The number of amides is 1. The van der Waals surface area contributed by atoms with Crippen LogP contribution in [0.1, 0.15) is 33.1 Å². The van der Waals surface area contributed by atoms with Crippen molar-refractivity contribution < 1.29 is 4.79 Å². The molecule has 1 amide bonds. The Bertz CT molecular complexity index is 241. The second-order valence-corrected chi connectivity index (χ2v) is 5.31. The minimum atomic E-state index is 0. The molecule has 1 aliphatic heterocycles. The largest absolute Gasteiger partial charge is 0.356 e. The lowest BCUT2D eigenvalue weighted by atomic mass is 9.91. The molecule has 0 aromatic rings. The van der Waals surface area contributed by atoms with Gasteiger partial charge in [0.05, 0.1) is 5.92 Å².